The summed E-state index contributed by atoms with van der Waals surface area (Å²) in [5.41, 5.74) is 0. The van der Waals surface area contributed by atoms with Gasteiger partial charge >= 0.3 is 0 Å². The fourth-order valence-corrected chi connectivity index (χ4v) is 0. The maximum atomic E-state index is 8.06. The van der Waals surface area contributed by atoms with Gasteiger partial charge in [0, 0.05) is 18.6 Å². The van der Waals surface area contributed by atoms with Gasteiger partial charge < -0.3 is 11.0 Å². The molecule has 0 aliphatic rings. The fraction of sp³-hybridized carbons (Fsp3) is 0. The molecule has 0 aromatic heterocycles. The van der Waals surface area contributed by atoms with Crippen LogP contribution in [-0.2, 0) is 23.1 Å². The van der Waals surface area contributed by atoms with Gasteiger partial charge in [0.15, 0.2) is 0 Å². The molecule has 0 spiro atoms. The van der Waals surface area contributed by atoms with Crippen LogP contribution in [0.25, 0.3) is 0 Å². The Labute approximate surface area is 43.9 Å². The normalized spacial score (nSPS) is 0.800. The van der Waals surface area contributed by atoms with Gasteiger partial charge in [-0.2, -0.15) is 0 Å². The minimum Gasteiger partial charge on any atom is -0.412 e. The molecule has 0 amide bonds. The van der Waals surface area contributed by atoms with Crippen molar-refractivity contribution >= 4 is 9.12 Å². The second-order valence-electron chi connectivity index (χ2n) is 0. The van der Waals surface area contributed by atoms with Gasteiger partial charge in [0.2, 0.25) is 0 Å². The fourth-order valence-electron chi connectivity index (χ4n) is 0. The van der Waals surface area contributed by atoms with Crippen LogP contribution < -0.4 is 0 Å². The molecule has 0 aliphatic heterocycles. The zero-order valence-electron chi connectivity index (χ0n) is 2.36. The van der Waals surface area contributed by atoms with Crippen LogP contribution >= 0.6 is 9.12 Å². The first-order chi connectivity index (χ1) is 1.00. The van der Waals surface area contributed by atoms with E-state index in [1.54, 1.807) is 9.12 Å². The first kappa shape index (κ1) is 46.2. The van der Waals surface area contributed by atoms with Crippen LogP contribution in [0.2, 0.25) is 0 Å². The Kier molecular flexibility index (Phi) is 1510. The Morgan fingerprint density at radius 2 is 1.00 bits per heavy atom. The number of hydrogen-bond acceptors (Lipinski definition) is 1. The summed E-state index contributed by atoms with van der Waals surface area (Å²) >= 11 is 0. The van der Waals surface area contributed by atoms with Crippen LogP contribution in [0.15, 0.2) is 0 Å². The average molecular weight is 135 g/mol. The van der Waals surface area contributed by atoms with E-state index in [9.17, 15) is 0 Å². The van der Waals surface area contributed by atoms with E-state index in [2.05, 4.69) is 0 Å². The van der Waals surface area contributed by atoms with Gasteiger partial charge in [-0.25, -0.2) is 0 Å². The molecule has 5 heteroatoms. The molecule has 0 aromatic carbocycles. The van der Waals surface area contributed by atoms with Crippen LogP contribution in [0.3, 0.4) is 0 Å². The summed E-state index contributed by atoms with van der Waals surface area (Å²) in [6.07, 6.45) is 0. The van der Waals surface area contributed by atoms with Crippen molar-refractivity contribution in [2.75, 3.05) is 0 Å². The van der Waals surface area contributed by atoms with E-state index in [0.717, 1.165) is 0 Å². The van der Waals surface area contributed by atoms with Crippen molar-refractivity contribution in [1.82, 2.24) is 0 Å². The van der Waals surface area contributed by atoms with Crippen molar-refractivity contribution in [3.8, 4) is 0 Å². The predicted molar refractivity (Wildman–Crippen MR) is 16.2 cm³/mol. The largest absolute Gasteiger partial charge is 0.412 e. The van der Waals surface area contributed by atoms with Crippen LogP contribution in [0.5, 0.6) is 0 Å². The van der Waals surface area contributed by atoms with Crippen molar-refractivity contribution in [3.05, 3.63) is 0 Å². The maximum Gasteiger partial charge on any atom is 0.138 e. The molecule has 3 nitrogen and oxygen atoms in total. The van der Waals surface area contributed by atoms with Gasteiger partial charge in [-0.05, 0) is 0 Å². The van der Waals surface area contributed by atoms with Gasteiger partial charge in [-0.15, -0.1) is 0 Å². The maximum absolute atomic E-state index is 8.06. The van der Waals surface area contributed by atoms with Crippen LogP contribution in [0.4, 0.5) is 0 Å². The zero-order chi connectivity index (χ0) is 2.00. The van der Waals surface area contributed by atoms with Gasteiger partial charge in [-0.3, -0.25) is 4.57 Å². The minimum absolute atomic E-state index is 0. The molecule has 0 aromatic rings. The quantitative estimate of drug-likeness (QED) is 0.385. The summed E-state index contributed by atoms with van der Waals surface area (Å²) in [6.45, 7) is 0. The van der Waals surface area contributed by atoms with Gasteiger partial charge in [0.1, 0.15) is 9.12 Å². The molecule has 33 valence electrons. The first-order valence-electron chi connectivity index (χ1n) is 0.204. The molecular formula is H5O3PV. The van der Waals surface area contributed by atoms with Crippen molar-refractivity contribution < 1.29 is 34.1 Å². The van der Waals surface area contributed by atoms with E-state index in [-0.39, 0.29) is 29.5 Å². The van der Waals surface area contributed by atoms with Crippen LogP contribution in [0.1, 0.15) is 0 Å². The molecule has 5 heavy (non-hydrogen) atoms. The van der Waals surface area contributed by atoms with E-state index >= 15 is 0 Å². The van der Waals surface area contributed by atoms with Crippen molar-refractivity contribution in [3.63, 3.8) is 0 Å². The third-order valence-electron chi connectivity index (χ3n) is 0. The molecule has 4 N–H and O–H groups in total. The molecule has 0 rings (SSSR count). The third kappa shape index (κ3) is 85.5. The van der Waals surface area contributed by atoms with Crippen LogP contribution in [-0.4, -0.2) is 11.0 Å². The molecule has 0 aliphatic carbocycles. The van der Waals surface area contributed by atoms with E-state index < -0.39 is 0 Å². The summed E-state index contributed by atoms with van der Waals surface area (Å²) in [5.74, 6) is 0. The second-order valence-corrected chi connectivity index (χ2v) is 0. The summed E-state index contributed by atoms with van der Waals surface area (Å²) < 4.78 is 8.06. The Hall–Kier alpha value is 0.604. The number of hydrogen-bond donors (Lipinski definition) is 0. The molecule has 0 saturated carbocycles. The second kappa shape index (κ2) is 164. The van der Waals surface area contributed by atoms with E-state index in [0.29, 0.717) is 0 Å². The molecule has 0 atom stereocenters. The molecule has 0 heterocycles. The zero-order valence-corrected chi connectivity index (χ0v) is 4.75. The van der Waals surface area contributed by atoms with Gasteiger partial charge in [0.05, 0.1) is 0 Å². The SMILES string of the molecule is O.O.O=P.[V]. The Bertz CT molecular complexity index is 6.85. The summed E-state index contributed by atoms with van der Waals surface area (Å²) in [5, 5.41) is 0. The molecule has 0 saturated heterocycles. The van der Waals surface area contributed by atoms with E-state index in [4.69, 9.17) is 4.57 Å². The van der Waals surface area contributed by atoms with Gasteiger partial charge in [-0.1, -0.05) is 0 Å². The first-order valence-corrected chi connectivity index (χ1v) is 0.612. The average Bonchev–Trinajstić information content (AvgIpc) is 1.00. The van der Waals surface area contributed by atoms with Crippen molar-refractivity contribution in [2.45, 2.75) is 0 Å². The molecule has 0 fully saturated rings. The van der Waals surface area contributed by atoms with Gasteiger partial charge in [0.25, 0.3) is 0 Å². The van der Waals surface area contributed by atoms with Crippen molar-refractivity contribution in [1.29, 1.82) is 0 Å². The molecular weight excluding hydrogens is 130 g/mol. The Morgan fingerprint density at radius 3 is 1.00 bits per heavy atom. The van der Waals surface area contributed by atoms with Crippen LogP contribution in [0, 0.1) is 0 Å². The topological polar surface area (TPSA) is 80.1 Å². The minimum atomic E-state index is 0. The number of rotatable bonds is 0. The molecule has 0 unspecified atom stereocenters. The third-order valence-corrected chi connectivity index (χ3v) is 0. The van der Waals surface area contributed by atoms with E-state index in [1.807, 2.05) is 0 Å². The Balaban J connectivity index is -0.00000000167. The smallest absolute Gasteiger partial charge is 0.138 e. The summed E-state index contributed by atoms with van der Waals surface area (Å²) in [4.78, 5) is 0. The summed E-state index contributed by atoms with van der Waals surface area (Å²) in [7, 11) is 1.72. The van der Waals surface area contributed by atoms with E-state index in [1.165, 1.54) is 0 Å². The summed E-state index contributed by atoms with van der Waals surface area (Å²) in [6, 6.07) is 0. The Morgan fingerprint density at radius 1 is 1.00 bits per heavy atom. The molecule has 0 bridgehead atoms. The monoisotopic (exact) mass is 135 g/mol. The standard InChI is InChI=1S/HOP.2H2O.V/c1-2;;;/h2H;2*1H2;. The van der Waals surface area contributed by atoms with Crippen molar-refractivity contribution in [2.24, 2.45) is 0 Å². The predicted octanol–water partition coefficient (Wildman–Crippen LogP) is -1.18. The molecule has 1 radical (unpaired) electrons.